The van der Waals surface area contributed by atoms with Crippen molar-refractivity contribution in [2.45, 2.75) is 33.1 Å². The molecule has 1 fully saturated rings. The summed E-state index contributed by atoms with van der Waals surface area (Å²) in [6, 6.07) is 1.75. The van der Waals surface area contributed by atoms with Crippen LogP contribution in [0.5, 0.6) is 0 Å². The van der Waals surface area contributed by atoms with Crippen LogP contribution in [0.3, 0.4) is 0 Å². The molecule has 2 heterocycles. The normalized spacial score (nSPS) is 13.9. The summed E-state index contributed by atoms with van der Waals surface area (Å²) in [5.74, 6) is 0.126. The number of rotatable bonds is 7. The number of aromatic nitrogens is 2. The Balaban J connectivity index is 1.75. The predicted molar refractivity (Wildman–Crippen MR) is 86.4 cm³/mol. The molecule has 128 valence electrons. The third-order valence-electron chi connectivity index (χ3n) is 4.11. The number of esters is 1. The van der Waals surface area contributed by atoms with Gasteiger partial charge in [-0.1, -0.05) is 5.16 Å². The van der Waals surface area contributed by atoms with Gasteiger partial charge in [-0.3, -0.25) is 9.59 Å². The van der Waals surface area contributed by atoms with Crippen LogP contribution in [-0.2, 0) is 9.53 Å². The fourth-order valence-electron chi connectivity index (χ4n) is 2.59. The summed E-state index contributed by atoms with van der Waals surface area (Å²) in [5, 5.41) is 4.59. The van der Waals surface area contributed by atoms with Crippen molar-refractivity contribution in [3.05, 3.63) is 23.5 Å². The van der Waals surface area contributed by atoms with Crippen molar-refractivity contribution in [2.24, 2.45) is 5.92 Å². The molecule has 0 unspecified atom stereocenters. The second-order valence-electron chi connectivity index (χ2n) is 6.09. The second kappa shape index (κ2) is 6.98. The van der Waals surface area contributed by atoms with Crippen LogP contribution in [0.4, 0.5) is 0 Å². The first-order chi connectivity index (χ1) is 11.6. The fraction of sp³-hybridized carbons (Fsp3) is 0.529. The molecule has 2 aromatic rings. The highest BCUT2D eigenvalue weighted by molar-refractivity contribution is 5.97. The van der Waals surface area contributed by atoms with E-state index in [1.165, 1.54) is 6.20 Å². The molecule has 0 N–H and O–H groups in total. The lowest BCUT2D eigenvalue weighted by Gasteiger charge is -2.22. The number of pyridine rings is 1. The Morgan fingerprint density at radius 3 is 2.92 bits per heavy atom. The van der Waals surface area contributed by atoms with Crippen molar-refractivity contribution in [3.63, 3.8) is 0 Å². The van der Waals surface area contributed by atoms with Crippen molar-refractivity contribution in [2.75, 3.05) is 19.7 Å². The number of fused-ring (bicyclic) bond motifs is 1. The average molecular weight is 331 g/mol. The molecule has 24 heavy (non-hydrogen) atoms. The Hall–Kier alpha value is -2.44. The predicted octanol–water partition coefficient (Wildman–Crippen LogP) is 2.34. The van der Waals surface area contributed by atoms with E-state index in [4.69, 9.17) is 9.26 Å². The average Bonchev–Trinajstić information content (AvgIpc) is 3.33. The second-order valence-corrected chi connectivity index (χ2v) is 6.09. The maximum Gasteiger partial charge on any atom is 0.307 e. The van der Waals surface area contributed by atoms with Gasteiger partial charge in [-0.2, -0.15) is 0 Å². The van der Waals surface area contributed by atoms with E-state index in [9.17, 15) is 9.59 Å². The summed E-state index contributed by atoms with van der Waals surface area (Å²) < 4.78 is 10.0. The van der Waals surface area contributed by atoms with E-state index < -0.39 is 0 Å². The van der Waals surface area contributed by atoms with E-state index in [0.29, 0.717) is 42.6 Å². The van der Waals surface area contributed by atoms with Crippen molar-refractivity contribution in [1.82, 2.24) is 15.0 Å². The summed E-state index contributed by atoms with van der Waals surface area (Å²) in [7, 11) is 0. The number of carbonyl (C=O) groups excluding carboxylic acids is 2. The quantitative estimate of drug-likeness (QED) is 0.724. The van der Waals surface area contributed by atoms with Crippen molar-refractivity contribution in [3.8, 4) is 0 Å². The van der Waals surface area contributed by atoms with Crippen molar-refractivity contribution >= 4 is 23.0 Å². The maximum atomic E-state index is 12.8. The SMILES string of the molecule is CCOC(=O)CCN(CC1CC1)C(=O)c1cnc2onc(C)c2c1. The Labute approximate surface area is 140 Å². The van der Waals surface area contributed by atoms with Crippen LogP contribution >= 0.6 is 0 Å². The summed E-state index contributed by atoms with van der Waals surface area (Å²) in [5.41, 5.74) is 1.61. The van der Waals surface area contributed by atoms with Crippen LogP contribution in [0.2, 0.25) is 0 Å². The lowest BCUT2D eigenvalue weighted by Crippen LogP contribution is -2.35. The minimum Gasteiger partial charge on any atom is -0.466 e. The molecular weight excluding hydrogens is 310 g/mol. The Kier molecular flexibility index (Phi) is 4.78. The zero-order valence-corrected chi connectivity index (χ0v) is 13.9. The molecule has 3 rings (SSSR count). The molecule has 7 heteroatoms. The third kappa shape index (κ3) is 3.72. The van der Waals surface area contributed by atoms with E-state index in [0.717, 1.165) is 18.2 Å². The minimum atomic E-state index is -0.283. The van der Waals surface area contributed by atoms with Crippen LogP contribution in [0, 0.1) is 12.8 Å². The number of hydrogen-bond donors (Lipinski definition) is 0. The molecule has 1 aliphatic carbocycles. The van der Waals surface area contributed by atoms with Gasteiger partial charge in [0.2, 0.25) is 0 Å². The van der Waals surface area contributed by atoms with Crippen LogP contribution in [0.1, 0.15) is 42.2 Å². The maximum absolute atomic E-state index is 12.8. The van der Waals surface area contributed by atoms with Gasteiger partial charge in [0.25, 0.3) is 11.6 Å². The van der Waals surface area contributed by atoms with Gasteiger partial charge in [0, 0.05) is 19.3 Å². The lowest BCUT2D eigenvalue weighted by molar-refractivity contribution is -0.143. The van der Waals surface area contributed by atoms with Gasteiger partial charge >= 0.3 is 5.97 Å². The number of ether oxygens (including phenoxy) is 1. The first kappa shape index (κ1) is 16.4. The number of amides is 1. The Morgan fingerprint density at radius 2 is 2.21 bits per heavy atom. The highest BCUT2D eigenvalue weighted by Gasteiger charge is 2.28. The van der Waals surface area contributed by atoms with Crippen molar-refractivity contribution in [1.29, 1.82) is 0 Å². The first-order valence-corrected chi connectivity index (χ1v) is 8.25. The number of aryl methyl sites for hydroxylation is 1. The summed E-state index contributed by atoms with van der Waals surface area (Å²) in [6.45, 7) is 4.95. The molecule has 0 bridgehead atoms. The summed E-state index contributed by atoms with van der Waals surface area (Å²) in [4.78, 5) is 30.3. The third-order valence-corrected chi connectivity index (χ3v) is 4.11. The van der Waals surface area contributed by atoms with E-state index in [1.807, 2.05) is 6.92 Å². The lowest BCUT2D eigenvalue weighted by atomic mass is 10.1. The zero-order chi connectivity index (χ0) is 17.1. The molecule has 0 saturated heterocycles. The molecule has 0 aliphatic heterocycles. The molecule has 1 saturated carbocycles. The number of nitrogens with zero attached hydrogens (tertiary/aromatic N) is 3. The van der Waals surface area contributed by atoms with Crippen LogP contribution in [0.15, 0.2) is 16.8 Å². The molecule has 0 aromatic carbocycles. The summed E-state index contributed by atoms with van der Waals surface area (Å²) in [6.07, 6.45) is 3.96. The van der Waals surface area contributed by atoms with Crippen LogP contribution in [-0.4, -0.2) is 46.6 Å². The molecule has 1 aliphatic rings. The zero-order valence-electron chi connectivity index (χ0n) is 13.9. The number of hydrogen-bond acceptors (Lipinski definition) is 6. The van der Waals surface area contributed by atoms with Gasteiger partial charge in [-0.25, -0.2) is 4.98 Å². The van der Waals surface area contributed by atoms with Gasteiger partial charge in [0.05, 0.1) is 29.7 Å². The first-order valence-electron chi connectivity index (χ1n) is 8.25. The molecule has 2 aromatic heterocycles. The fourth-order valence-corrected chi connectivity index (χ4v) is 2.59. The molecule has 0 atom stereocenters. The highest BCUT2D eigenvalue weighted by Crippen LogP contribution is 2.30. The molecule has 0 spiro atoms. The van der Waals surface area contributed by atoms with Gasteiger partial charge in [-0.05, 0) is 38.7 Å². The minimum absolute atomic E-state index is 0.124. The van der Waals surface area contributed by atoms with Gasteiger partial charge < -0.3 is 14.2 Å². The van der Waals surface area contributed by atoms with E-state index in [-0.39, 0.29) is 18.3 Å². The van der Waals surface area contributed by atoms with Crippen molar-refractivity contribution < 1.29 is 18.8 Å². The summed E-state index contributed by atoms with van der Waals surface area (Å²) >= 11 is 0. The van der Waals surface area contributed by atoms with E-state index >= 15 is 0 Å². The standard InChI is InChI=1S/C17H21N3O4/c1-3-23-15(21)6-7-20(10-12-4-5-12)17(22)13-8-14-11(2)19-24-16(14)18-9-13/h8-9,12H,3-7,10H2,1-2H3. The monoisotopic (exact) mass is 331 g/mol. The smallest absolute Gasteiger partial charge is 0.307 e. The van der Waals surface area contributed by atoms with Gasteiger partial charge in [0.1, 0.15) is 0 Å². The van der Waals surface area contributed by atoms with E-state index in [2.05, 4.69) is 10.1 Å². The molecule has 7 nitrogen and oxygen atoms in total. The topological polar surface area (TPSA) is 85.5 Å². The van der Waals surface area contributed by atoms with Gasteiger partial charge in [-0.15, -0.1) is 0 Å². The highest BCUT2D eigenvalue weighted by atomic mass is 16.5. The molecule has 1 amide bonds. The molecule has 0 radical (unpaired) electrons. The largest absolute Gasteiger partial charge is 0.466 e. The van der Waals surface area contributed by atoms with Gasteiger partial charge in [0.15, 0.2) is 0 Å². The Morgan fingerprint density at radius 1 is 1.42 bits per heavy atom. The van der Waals surface area contributed by atoms with E-state index in [1.54, 1.807) is 17.9 Å². The Bertz CT molecular complexity index is 751. The van der Waals surface area contributed by atoms with Crippen LogP contribution in [0.25, 0.3) is 11.1 Å². The number of carbonyl (C=O) groups is 2. The molecular formula is C17H21N3O4. The van der Waals surface area contributed by atoms with Crippen LogP contribution < -0.4 is 0 Å².